The number of aliphatic hydroxyl groups is 1. The Bertz CT molecular complexity index is 164. The molecule has 1 N–H and O–H groups in total. The standard InChI is InChI=1S/C12H22O2/c13-9-11-7-4-8-14-12(11)10-5-2-1-3-6-10/h10-13H,1-9H2/t11-,12-/m0/s1. The molecule has 2 rings (SSSR count). The maximum Gasteiger partial charge on any atom is 0.0653 e. The van der Waals surface area contributed by atoms with Crippen molar-refractivity contribution in [2.24, 2.45) is 11.8 Å². The minimum Gasteiger partial charge on any atom is -0.396 e. The van der Waals surface area contributed by atoms with E-state index in [0.717, 1.165) is 25.4 Å². The lowest BCUT2D eigenvalue weighted by atomic mass is 9.78. The van der Waals surface area contributed by atoms with Gasteiger partial charge in [0.05, 0.1) is 6.10 Å². The van der Waals surface area contributed by atoms with Gasteiger partial charge in [-0.1, -0.05) is 19.3 Å². The molecule has 0 amide bonds. The maximum absolute atomic E-state index is 9.31. The maximum atomic E-state index is 9.31. The van der Waals surface area contributed by atoms with Gasteiger partial charge in [0.2, 0.25) is 0 Å². The quantitative estimate of drug-likeness (QED) is 0.738. The normalized spacial score (nSPS) is 35.8. The van der Waals surface area contributed by atoms with Crippen molar-refractivity contribution < 1.29 is 9.84 Å². The van der Waals surface area contributed by atoms with Crippen molar-refractivity contribution in [1.82, 2.24) is 0 Å². The molecule has 1 saturated carbocycles. The van der Waals surface area contributed by atoms with Crippen molar-refractivity contribution in [3.63, 3.8) is 0 Å². The highest BCUT2D eigenvalue weighted by Gasteiger charge is 2.32. The molecule has 82 valence electrons. The topological polar surface area (TPSA) is 29.5 Å². The molecule has 0 aromatic rings. The highest BCUT2D eigenvalue weighted by Crippen LogP contribution is 2.34. The van der Waals surface area contributed by atoms with Crippen LogP contribution in [0.3, 0.4) is 0 Å². The van der Waals surface area contributed by atoms with Crippen LogP contribution in [0.4, 0.5) is 0 Å². The van der Waals surface area contributed by atoms with Crippen LogP contribution in [-0.2, 0) is 4.74 Å². The lowest BCUT2D eigenvalue weighted by molar-refractivity contribution is -0.0818. The third-order valence-corrected chi connectivity index (χ3v) is 3.84. The molecule has 2 heteroatoms. The molecule has 2 atom stereocenters. The molecule has 0 aromatic heterocycles. The van der Waals surface area contributed by atoms with Crippen LogP contribution < -0.4 is 0 Å². The molecule has 1 aliphatic heterocycles. The molecule has 2 aliphatic rings. The highest BCUT2D eigenvalue weighted by molar-refractivity contribution is 4.82. The van der Waals surface area contributed by atoms with Gasteiger partial charge < -0.3 is 9.84 Å². The lowest BCUT2D eigenvalue weighted by Gasteiger charge is -2.38. The monoisotopic (exact) mass is 198 g/mol. The minimum absolute atomic E-state index is 0.321. The second-order valence-electron chi connectivity index (χ2n) is 4.82. The van der Waals surface area contributed by atoms with Gasteiger partial charge in [0.15, 0.2) is 0 Å². The zero-order valence-electron chi connectivity index (χ0n) is 8.95. The summed E-state index contributed by atoms with van der Waals surface area (Å²) in [4.78, 5) is 0. The molecular formula is C12H22O2. The summed E-state index contributed by atoms with van der Waals surface area (Å²) in [6.07, 6.45) is 9.43. The number of hydrogen-bond donors (Lipinski definition) is 1. The average Bonchev–Trinajstić information content (AvgIpc) is 2.30. The second-order valence-corrected chi connectivity index (χ2v) is 4.82. The Morgan fingerprint density at radius 1 is 1.00 bits per heavy atom. The molecule has 14 heavy (non-hydrogen) atoms. The van der Waals surface area contributed by atoms with Gasteiger partial charge in [-0.05, 0) is 31.6 Å². The molecule has 0 radical (unpaired) electrons. The van der Waals surface area contributed by atoms with E-state index in [2.05, 4.69) is 0 Å². The predicted octanol–water partition coefficient (Wildman–Crippen LogP) is 2.35. The van der Waals surface area contributed by atoms with Crippen molar-refractivity contribution in [3.05, 3.63) is 0 Å². The Hall–Kier alpha value is -0.0800. The fourth-order valence-electron chi connectivity index (χ4n) is 3.04. The van der Waals surface area contributed by atoms with Gasteiger partial charge in [-0.15, -0.1) is 0 Å². The molecule has 0 aromatic carbocycles. The molecule has 1 saturated heterocycles. The van der Waals surface area contributed by atoms with Crippen LogP contribution in [0.2, 0.25) is 0 Å². The SMILES string of the molecule is OC[C@@H]1CCCO[C@H]1C1CCCCC1. The third kappa shape index (κ3) is 2.29. The first-order valence-corrected chi connectivity index (χ1v) is 6.14. The molecule has 2 nitrogen and oxygen atoms in total. The summed E-state index contributed by atoms with van der Waals surface area (Å²) in [5.41, 5.74) is 0. The van der Waals surface area contributed by atoms with Gasteiger partial charge in [-0.25, -0.2) is 0 Å². The molecule has 0 spiro atoms. The predicted molar refractivity (Wildman–Crippen MR) is 56.1 cm³/mol. The molecular weight excluding hydrogens is 176 g/mol. The Morgan fingerprint density at radius 2 is 1.79 bits per heavy atom. The number of aliphatic hydroxyl groups excluding tert-OH is 1. The van der Waals surface area contributed by atoms with Crippen molar-refractivity contribution in [1.29, 1.82) is 0 Å². The molecule has 2 fully saturated rings. The number of rotatable bonds is 2. The lowest BCUT2D eigenvalue weighted by Crippen LogP contribution is -2.38. The largest absolute Gasteiger partial charge is 0.396 e. The van der Waals surface area contributed by atoms with Crippen LogP contribution >= 0.6 is 0 Å². The van der Waals surface area contributed by atoms with Gasteiger partial charge in [-0.3, -0.25) is 0 Å². The highest BCUT2D eigenvalue weighted by atomic mass is 16.5. The Balaban J connectivity index is 1.91. The van der Waals surface area contributed by atoms with Crippen LogP contribution in [0.5, 0.6) is 0 Å². The Kier molecular flexibility index (Phi) is 3.82. The van der Waals surface area contributed by atoms with Crippen LogP contribution in [0, 0.1) is 11.8 Å². The van der Waals surface area contributed by atoms with Crippen molar-refractivity contribution in [3.8, 4) is 0 Å². The number of ether oxygens (including phenoxy) is 1. The van der Waals surface area contributed by atoms with E-state index in [4.69, 9.17) is 4.74 Å². The van der Waals surface area contributed by atoms with Crippen LogP contribution in [0.1, 0.15) is 44.9 Å². The van der Waals surface area contributed by atoms with E-state index >= 15 is 0 Å². The summed E-state index contributed by atoms with van der Waals surface area (Å²) in [5.74, 6) is 1.16. The van der Waals surface area contributed by atoms with E-state index in [1.54, 1.807) is 0 Å². The zero-order chi connectivity index (χ0) is 9.80. The van der Waals surface area contributed by atoms with Crippen LogP contribution in [0.25, 0.3) is 0 Å². The van der Waals surface area contributed by atoms with Crippen molar-refractivity contribution in [2.45, 2.75) is 51.0 Å². The molecule has 0 bridgehead atoms. The van der Waals surface area contributed by atoms with E-state index in [0.29, 0.717) is 18.6 Å². The van der Waals surface area contributed by atoms with E-state index in [-0.39, 0.29) is 0 Å². The zero-order valence-corrected chi connectivity index (χ0v) is 8.95. The summed E-state index contributed by atoms with van der Waals surface area (Å²) in [6, 6.07) is 0. The fraction of sp³-hybridized carbons (Fsp3) is 1.00. The molecule has 1 heterocycles. The van der Waals surface area contributed by atoms with Gasteiger partial charge in [0.25, 0.3) is 0 Å². The van der Waals surface area contributed by atoms with Gasteiger partial charge in [-0.2, -0.15) is 0 Å². The average molecular weight is 198 g/mol. The fourth-order valence-corrected chi connectivity index (χ4v) is 3.04. The first kappa shape index (κ1) is 10.4. The van der Waals surface area contributed by atoms with E-state index in [1.807, 2.05) is 0 Å². The van der Waals surface area contributed by atoms with E-state index in [9.17, 15) is 5.11 Å². The van der Waals surface area contributed by atoms with Gasteiger partial charge >= 0.3 is 0 Å². The van der Waals surface area contributed by atoms with Crippen molar-refractivity contribution in [2.75, 3.05) is 13.2 Å². The summed E-state index contributed by atoms with van der Waals surface area (Å²) < 4.78 is 5.86. The Morgan fingerprint density at radius 3 is 2.50 bits per heavy atom. The first-order chi connectivity index (χ1) is 6.92. The Labute approximate surface area is 86.6 Å². The summed E-state index contributed by atoms with van der Waals surface area (Å²) in [5, 5.41) is 9.31. The van der Waals surface area contributed by atoms with Gasteiger partial charge in [0.1, 0.15) is 0 Å². The second kappa shape index (κ2) is 5.13. The van der Waals surface area contributed by atoms with Crippen LogP contribution in [0.15, 0.2) is 0 Å². The van der Waals surface area contributed by atoms with E-state index < -0.39 is 0 Å². The molecule has 1 aliphatic carbocycles. The summed E-state index contributed by atoms with van der Waals surface area (Å²) >= 11 is 0. The summed E-state index contributed by atoms with van der Waals surface area (Å²) in [7, 11) is 0. The summed E-state index contributed by atoms with van der Waals surface area (Å²) in [6.45, 7) is 1.23. The molecule has 0 unspecified atom stereocenters. The van der Waals surface area contributed by atoms with Crippen molar-refractivity contribution >= 4 is 0 Å². The van der Waals surface area contributed by atoms with Crippen LogP contribution in [-0.4, -0.2) is 24.4 Å². The number of hydrogen-bond acceptors (Lipinski definition) is 2. The first-order valence-electron chi connectivity index (χ1n) is 6.14. The smallest absolute Gasteiger partial charge is 0.0653 e. The minimum atomic E-state index is 0.321. The third-order valence-electron chi connectivity index (χ3n) is 3.84. The van der Waals surface area contributed by atoms with E-state index in [1.165, 1.54) is 32.1 Å². The van der Waals surface area contributed by atoms with Gasteiger partial charge in [0, 0.05) is 19.1 Å².